The van der Waals surface area contributed by atoms with Crippen molar-refractivity contribution < 1.29 is 32.8 Å². The molecular weight excluding hydrogens is 464 g/mol. The predicted molar refractivity (Wildman–Crippen MR) is 139 cm³/mol. The van der Waals surface area contributed by atoms with Gasteiger partial charge in [-0.2, -0.15) is 0 Å². The van der Waals surface area contributed by atoms with Gasteiger partial charge in [0.1, 0.15) is 28.6 Å². The van der Waals surface area contributed by atoms with E-state index in [1.165, 1.54) is 35.5 Å². The maximum atomic E-state index is 14.0. The van der Waals surface area contributed by atoms with Gasteiger partial charge in [0.05, 0.1) is 35.5 Å². The number of hydrogen-bond donors (Lipinski definition) is 0. The van der Waals surface area contributed by atoms with Crippen LogP contribution in [0.4, 0.5) is 0 Å². The number of ether oxygens (including phenoxy) is 6. The summed E-state index contributed by atoms with van der Waals surface area (Å²) in [4.78, 5) is 14.0. The van der Waals surface area contributed by atoms with Gasteiger partial charge in [0.25, 0.3) is 0 Å². The molecule has 0 aliphatic rings. The van der Waals surface area contributed by atoms with Crippen LogP contribution < -0.4 is 33.8 Å². The quantitative estimate of drug-likeness (QED) is 0.330. The monoisotopic (exact) mass is 500 g/mol. The summed E-state index contributed by atoms with van der Waals surface area (Å²) in [5.74, 6) is 2.43. The molecule has 36 heavy (non-hydrogen) atoms. The SMILES string of the molecule is CCCC(Oc1c(-c2cc(OC)c(OC)c(OC)c2)oc2cc(OC)cc(OC)c2c1=O)C(C)(C)C. The van der Waals surface area contributed by atoms with E-state index < -0.39 is 0 Å². The molecule has 2 aromatic carbocycles. The molecule has 0 amide bonds. The van der Waals surface area contributed by atoms with Crippen molar-refractivity contribution in [2.24, 2.45) is 5.41 Å². The second-order valence-electron chi connectivity index (χ2n) is 9.47. The summed E-state index contributed by atoms with van der Waals surface area (Å²) in [5.41, 5.74) is 0.262. The minimum atomic E-state index is -0.343. The van der Waals surface area contributed by atoms with Crippen molar-refractivity contribution in [1.29, 1.82) is 0 Å². The van der Waals surface area contributed by atoms with Crippen LogP contribution in [-0.2, 0) is 0 Å². The van der Waals surface area contributed by atoms with Crippen LogP contribution in [-0.4, -0.2) is 41.7 Å². The smallest absolute Gasteiger partial charge is 0.239 e. The first-order valence-corrected chi connectivity index (χ1v) is 11.8. The third-order valence-electron chi connectivity index (χ3n) is 6.05. The Balaban J connectivity index is 2.43. The summed E-state index contributed by atoms with van der Waals surface area (Å²) in [7, 11) is 7.62. The fraction of sp³-hybridized carbons (Fsp3) is 0.464. The van der Waals surface area contributed by atoms with Gasteiger partial charge in [-0.05, 0) is 24.0 Å². The molecule has 8 heteroatoms. The predicted octanol–water partition coefficient (Wildman–Crippen LogP) is 6.10. The largest absolute Gasteiger partial charge is 0.496 e. The molecule has 0 bridgehead atoms. The van der Waals surface area contributed by atoms with Crippen molar-refractivity contribution >= 4 is 11.0 Å². The lowest BCUT2D eigenvalue weighted by molar-refractivity contribution is 0.0763. The molecule has 0 aliphatic carbocycles. The Labute approximate surface area is 212 Å². The maximum Gasteiger partial charge on any atom is 0.239 e. The average Bonchev–Trinajstić information content (AvgIpc) is 2.87. The summed E-state index contributed by atoms with van der Waals surface area (Å²) in [6.45, 7) is 8.34. The zero-order valence-corrected chi connectivity index (χ0v) is 22.6. The minimum Gasteiger partial charge on any atom is -0.496 e. The number of hydrogen-bond acceptors (Lipinski definition) is 8. The molecule has 0 spiro atoms. The Morgan fingerprint density at radius 2 is 1.42 bits per heavy atom. The summed E-state index contributed by atoms with van der Waals surface area (Å²) in [5, 5.41) is 0.272. The summed E-state index contributed by atoms with van der Waals surface area (Å²) in [6.07, 6.45) is 1.41. The molecule has 1 heterocycles. The fourth-order valence-electron chi connectivity index (χ4n) is 4.10. The third kappa shape index (κ3) is 5.17. The van der Waals surface area contributed by atoms with E-state index in [2.05, 4.69) is 27.7 Å². The van der Waals surface area contributed by atoms with E-state index in [0.29, 0.717) is 39.9 Å². The normalized spacial score (nSPS) is 12.2. The lowest BCUT2D eigenvalue weighted by Gasteiger charge is -2.31. The van der Waals surface area contributed by atoms with Gasteiger partial charge in [-0.1, -0.05) is 34.1 Å². The third-order valence-corrected chi connectivity index (χ3v) is 6.05. The average molecular weight is 501 g/mol. The van der Waals surface area contributed by atoms with Crippen molar-refractivity contribution in [1.82, 2.24) is 0 Å². The molecule has 8 nitrogen and oxygen atoms in total. The van der Waals surface area contributed by atoms with Crippen molar-refractivity contribution in [2.75, 3.05) is 35.5 Å². The van der Waals surface area contributed by atoms with Gasteiger partial charge < -0.3 is 32.8 Å². The first-order valence-electron chi connectivity index (χ1n) is 11.8. The minimum absolute atomic E-state index is 0.0913. The second kappa shape index (κ2) is 11.0. The van der Waals surface area contributed by atoms with Crippen LogP contribution >= 0.6 is 0 Å². The highest BCUT2D eigenvalue weighted by Gasteiger charge is 2.31. The van der Waals surface area contributed by atoms with Crippen LogP contribution in [0.5, 0.6) is 34.5 Å². The molecular formula is C28H36O8. The molecule has 0 radical (unpaired) electrons. The van der Waals surface area contributed by atoms with Crippen molar-refractivity contribution in [3.8, 4) is 45.8 Å². The van der Waals surface area contributed by atoms with E-state index in [-0.39, 0.29) is 33.8 Å². The standard InChI is InChI=1S/C28H36O8/c1-10-11-22(28(2,3)4)36-27-24(29)23-18(31-6)14-17(30-5)15-19(23)35-25(27)16-12-20(32-7)26(34-9)21(13-16)33-8/h12-15,22H,10-11H2,1-9H3. The number of benzene rings is 2. The van der Waals surface area contributed by atoms with Crippen LogP contribution in [0.25, 0.3) is 22.3 Å². The molecule has 0 fully saturated rings. The molecule has 1 aromatic heterocycles. The molecule has 0 saturated carbocycles. The maximum absolute atomic E-state index is 14.0. The Bertz CT molecular complexity index is 1240. The van der Waals surface area contributed by atoms with Crippen LogP contribution in [0, 0.1) is 5.41 Å². The van der Waals surface area contributed by atoms with E-state index in [1.807, 2.05) is 0 Å². The Kier molecular flexibility index (Phi) is 8.28. The second-order valence-corrected chi connectivity index (χ2v) is 9.47. The summed E-state index contributed by atoms with van der Waals surface area (Å²) < 4.78 is 40.3. The highest BCUT2D eigenvalue weighted by molar-refractivity contribution is 5.89. The molecule has 0 aliphatic heterocycles. The van der Waals surface area contributed by atoms with Crippen molar-refractivity contribution in [2.45, 2.75) is 46.6 Å². The Hall–Kier alpha value is -3.55. The van der Waals surface area contributed by atoms with Gasteiger partial charge in [0.15, 0.2) is 17.3 Å². The van der Waals surface area contributed by atoms with Crippen molar-refractivity contribution in [3.63, 3.8) is 0 Å². The van der Waals surface area contributed by atoms with Gasteiger partial charge in [-0.15, -0.1) is 0 Å². The summed E-state index contributed by atoms with van der Waals surface area (Å²) >= 11 is 0. The molecule has 3 rings (SSSR count). The Morgan fingerprint density at radius 3 is 1.89 bits per heavy atom. The van der Waals surface area contributed by atoms with Crippen LogP contribution in [0.1, 0.15) is 40.5 Å². The van der Waals surface area contributed by atoms with E-state index in [1.54, 1.807) is 24.3 Å². The number of fused-ring (bicyclic) bond motifs is 1. The van der Waals surface area contributed by atoms with Gasteiger partial charge in [-0.25, -0.2) is 0 Å². The van der Waals surface area contributed by atoms with Gasteiger partial charge in [0.2, 0.25) is 16.9 Å². The van der Waals surface area contributed by atoms with Gasteiger partial charge in [0, 0.05) is 17.7 Å². The van der Waals surface area contributed by atoms with Gasteiger partial charge >= 0.3 is 0 Å². The van der Waals surface area contributed by atoms with Crippen LogP contribution in [0.15, 0.2) is 33.5 Å². The zero-order valence-electron chi connectivity index (χ0n) is 22.6. The highest BCUT2D eigenvalue weighted by Crippen LogP contribution is 2.44. The van der Waals surface area contributed by atoms with Crippen LogP contribution in [0.3, 0.4) is 0 Å². The van der Waals surface area contributed by atoms with E-state index >= 15 is 0 Å². The Morgan fingerprint density at radius 1 is 0.806 bits per heavy atom. The molecule has 196 valence electrons. The topological polar surface area (TPSA) is 85.6 Å². The fourth-order valence-corrected chi connectivity index (χ4v) is 4.10. The lowest BCUT2D eigenvalue weighted by atomic mass is 9.86. The summed E-state index contributed by atoms with van der Waals surface area (Å²) in [6, 6.07) is 6.75. The molecule has 1 unspecified atom stereocenters. The number of methoxy groups -OCH3 is 5. The molecule has 0 N–H and O–H groups in total. The molecule has 1 atom stereocenters. The van der Waals surface area contributed by atoms with E-state index in [9.17, 15) is 4.79 Å². The molecule has 3 aromatic rings. The number of rotatable bonds is 10. The van der Waals surface area contributed by atoms with E-state index in [0.717, 1.165) is 12.8 Å². The lowest BCUT2D eigenvalue weighted by Crippen LogP contribution is -2.33. The van der Waals surface area contributed by atoms with E-state index in [4.69, 9.17) is 32.8 Å². The first-order chi connectivity index (χ1) is 17.1. The molecule has 0 saturated heterocycles. The van der Waals surface area contributed by atoms with Gasteiger partial charge in [-0.3, -0.25) is 4.79 Å². The zero-order chi connectivity index (χ0) is 26.6. The van der Waals surface area contributed by atoms with Crippen LogP contribution in [0.2, 0.25) is 0 Å². The van der Waals surface area contributed by atoms with Crippen molar-refractivity contribution in [3.05, 3.63) is 34.5 Å². The highest BCUT2D eigenvalue weighted by atomic mass is 16.5. The first kappa shape index (κ1) is 27.0.